The molecular formula is C18H18Cl2N2O4. The fourth-order valence-electron chi connectivity index (χ4n) is 2.13. The number of carbonyl (C=O) groups is 2. The van der Waals surface area contributed by atoms with Crippen LogP contribution in [0.25, 0.3) is 0 Å². The van der Waals surface area contributed by atoms with Crippen molar-refractivity contribution < 1.29 is 19.1 Å². The molecule has 0 aliphatic heterocycles. The maximum atomic E-state index is 12.1. The molecule has 0 bridgehead atoms. The summed E-state index contributed by atoms with van der Waals surface area (Å²) < 4.78 is 10.0. The zero-order valence-electron chi connectivity index (χ0n) is 14.5. The third-order valence-corrected chi connectivity index (χ3v) is 4.00. The van der Waals surface area contributed by atoms with Crippen LogP contribution in [0.2, 0.25) is 10.0 Å². The van der Waals surface area contributed by atoms with Gasteiger partial charge in [-0.25, -0.2) is 4.79 Å². The van der Waals surface area contributed by atoms with E-state index in [1.807, 2.05) is 31.1 Å². The van der Waals surface area contributed by atoms with E-state index < -0.39 is 18.5 Å². The van der Waals surface area contributed by atoms with E-state index in [0.717, 1.165) is 5.69 Å². The maximum absolute atomic E-state index is 12.1. The summed E-state index contributed by atoms with van der Waals surface area (Å²) >= 11 is 12.0. The molecule has 0 spiro atoms. The first kappa shape index (κ1) is 19.9. The van der Waals surface area contributed by atoms with Crippen LogP contribution in [-0.2, 0) is 9.53 Å². The molecular weight excluding hydrogens is 379 g/mol. The van der Waals surface area contributed by atoms with E-state index in [-0.39, 0.29) is 21.4 Å². The number of ether oxygens (including phenoxy) is 2. The van der Waals surface area contributed by atoms with Crippen molar-refractivity contribution in [2.24, 2.45) is 0 Å². The average Bonchev–Trinajstić information content (AvgIpc) is 2.59. The van der Waals surface area contributed by atoms with Crippen molar-refractivity contribution in [3.8, 4) is 5.75 Å². The Morgan fingerprint density at radius 3 is 2.15 bits per heavy atom. The number of methoxy groups -OCH3 is 1. The smallest absolute Gasteiger partial charge is 0.338 e. The third-order valence-electron chi connectivity index (χ3n) is 3.44. The lowest BCUT2D eigenvalue weighted by Crippen LogP contribution is -2.21. The van der Waals surface area contributed by atoms with Crippen molar-refractivity contribution in [1.82, 2.24) is 0 Å². The standard InChI is InChI=1S/C18H18Cl2N2O4/c1-22(2)13-6-4-12(5-7-13)21-16(23)10-26-18(24)11-8-14(19)17(25-3)15(20)9-11/h4-9H,10H2,1-3H3,(H,21,23). The minimum atomic E-state index is -0.713. The Kier molecular flexibility index (Phi) is 6.71. The lowest BCUT2D eigenvalue weighted by Gasteiger charge is -2.13. The summed E-state index contributed by atoms with van der Waals surface area (Å²) in [6.07, 6.45) is 0. The number of halogens is 2. The normalized spacial score (nSPS) is 10.2. The van der Waals surface area contributed by atoms with Gasteiger partial charge in [-0.1, -0.05) is 23.2 Å². The number of hydrogen-bond donors (Lipinski definition) is 1. The van der Waals surface area contributed by atoms with E-state index in [0.29, 0.717) is 5.69 Å². The first-order valence-electron chi connectivity index (χ1n) is 7.59. The van der Waals surface area contributed by atoms with Crippen LogP contribution in [0.5, 0.6) is 5.75 Å². The number of benzene rings is 2. The van der Waals surface area contributed by atoms with Gasteiger partial charge in [-0.15, -0.1) is 0 Å². The predicted octanol–water partition coefficient (Wildman–Crippen LogP) is 3.86. The molecule has 0 saturated heterocycles. The van der Waals surface area contributed by atoms with Crippen LogP contribution < -0.4 is 15.0 Å². The van der Waals surface area contributed by atoms with Gasteiger partial charge in [0.15, 0.2) is 12.4 Å². The second-order valence-electron chi connectivity index (χ2n) is 5.54. The third kappa shape index (κ3) is 5.03. The molecule has 2 aromatic rings. The van der Waals surface area contributed by atoms with Crippen LogP contribution in [-0.4, -0.2) is 39.7 Å². The molecule has 0 atom stereocenters. The van der Waals surface area contributed by atoms with Gasteiger partial charge in [0.2, 0.25) is 0 Å². The molecule has 6 nitrogen and oxygen atoms in total. The highest BCUT2D eigenvalue weighted by molar-refractivity contribution is 6.37. The van der Waals surface area contributed by atoms with E-state index in [9.17, 15) is 9.59 Å². The highest BCUT2D eigenvalue weighted by Gasteiger charge is 2.16. The summed E-state index contributed by atoms with van der Waals surface area (Å²) in [7, 11) is 5.26. The predicted molar refractivity (Wildman–Crippen MR) is 103 cm³/mol. The van der Waals surface area contributed by atoms with Gasteiger partial charge < -0.3 is 19.7 Å². The molecule has 0 saturated carbocycles. The number of nitrogens with zero attached hydrogens (tertiary/aromatic N) is 1. The molecule has 0 heterocycles. The zero-order chi connectivity index (χ0) is 19.3. The monoisotopic (exact) mass is 396 g/mol. The molecule has 1 N–H and O–H groups in total. The van der Waals surface area contributed by atoms with E-state index >= 15 is 0 Å². The molecule has 0 aliphatic carbocycles. The fraction of sp³-hybridized carbons (Fsp3) is 0.222. The van der Waals surface area contributed by atoms with Gasteiger partial charge in [0.1, 0.15) is 0 Å². The Morgan fingerprint density at radius 1 is 1.08 bits per heavy atom. The molecule has 1 amide bonds. The molecule has 2 rings (SSSR count). The van der Waals surface area contributed by atoms with Crippen LogP contribution in [0.3, 0.4) is 0 Å². The second-order valence-corrected chi connectivity index (χ2v) is 6.35. The van der Waals surface area contributed by atoms with Crippen LogP contribution in [0.15, 0.2) is 36.4 Å². The van der Waals surface area contributed by atoms with Gasteiger partial charge >= 0.3 is 5.97 Å². The van der Waals surface area contributed by atoms with Crippen molar-refractivity contribution in [2.75, 3.05) is 38.0 Å². The summed E-state index contributed by atoms with van der Waals surface area (Å²) in [5.74, 6) is -0.903. The van der Waals surface area contributed by atoms with Crippen LogP contribution >= 0.6 is 23.2 Å². The van der Waals surface area contributed by atoms with E-state index in [4.69, 9.17) is 32.7 Å². The Hall–Kier alpha value is -2.44. The lowest BCUT2D eigenvalue weighted by molar-refractivity contribution is -0.119. The average molecular weight is 397 g/mol. The van der Waals surface area contributed by atoms with Gasteiger partial charge in [-0.3, -0.25) is 4.79 Å². The maximum Gasteiger partial charge on any atom is 0.338 e. The number of anilines is 2. The number of carbonyl (C=O) groups excluding carboxylic acids is 2. The van der Waals surface area contributed by atoms with Crippen LogP contribution in [0.4, 0.5) is 11.4 Å². The summed E-state index contributed by atoms with van der Waals surface area (Å²) in [6, 6.07) is 9.99. The lowest BCUT2D eigenvalue weighted by atomic mass is 10.2. The number of amides is 1. The summed E-state index contributed by atoms with van der Waals surface area (Å²) in [5, 5.41) is 3.01. The first-order chi connectivity index (χ1) is 12.3. The topological polar surface area (TPSA) is 67.9 Å². The molecule has 0 fully saturated rings. The largest absolute Gasteiger partial charge is 0.494 e. The molecule has 2 aromatic carbocycles. The van der Waals surface area contributed by atoms with Gasteiger partial charge in [-0.05, 0) is 36.4 Å². The molecule has 8 heteroatoms. The number of rotatable bonds is 6. The number of esters is 1. The highest BCUT2D eigenvalue weighted by atomic mass is 35.5. The van der Waals surface area contributed by atoms with Crippen molar-refractivity contribution in [3.05, 3.63) is 52.0 Å². The van der Waals surface area contributed by atoms with Gasteiger partial charge in [0.05, 0.1) is 22.7 Å². The quantitative estimate of drug-likeness (QED) is 0.750. The van der Waals surface area contributed by atoms with Crippen molar-refractivity contribution in [2.45, 2.75) is 0 Å². The molecule has 0 aliphatic rings. The van der Waals surface area contributed by atoms with Crippen molar-refractivity contribution >= 4 is 46.5 Å². The molecule has 0 aromatic heterocycles. The molecule has 138 valence electrons. The minimum Gasteiger partial charge on any atom is -0.494 e. The Bertz CT molecular complexity index is 784. The summed E-state index contributed by atoms with van der Waals surface area (Å²) in [5.41, 5.74) is 1.74. The summed E-state index contributed by atoms with van der Waals surface area (Å²) in [4.78, 5) is 25.9. The fourth-order valence-corrected chi connectivity index (χ4v) is 2.77. The number of hydrogen-bond acceptors (Lipinski definition) is 5. The van der Waals surface area contributed by atoms with Crippen molar-refractivity contribution in [1.29, 1.82) is 0 Å². The van der Waals surface area contributed by atoms with Crippen LogP contribution in [0, 0.1) is 0 Å². The molecule has 0 unspecified atom stereocenters. The van der Waals surface area contributed by atoms with Gasteiger partial charge in [0.25, 0.3) is 5.91 Å². The van der Waals surface area contributed by atoms with Crippen molar-refractivity contribution in [3.63, 3.8) is 0 Å². The van der Waals surface area contributed by atoms with E-state index in [2.05, 4.69) is 5.32 Å². The van der Waals surface area contributed by atoms with Gasteiger partial charge in [-0.2, -0.15) is 0 Å². The first-order valence-corrected chi connectivity index (χ1v) is 8.34. The second kappa shape index (κ2) is 8.78. The SMILES string of the molecule is COc1c(Cl)cc(C(=O)OCC(=O)Nc2ccc(N(C)C)cc2)cc1Cl. The van der Waals surface area contributed by atoms with E-state index in [1.165, 1.54) is 19.2 Å². The Balaban J connectivity index is 1.93. The Morgan fingerprint density at radius 2 is 1.65 bits per heavy atom. The van der Waals surface area contributed by atoms with Crippen LogP contribution in [0.1, 0.15) is 10.4 Å². The molecule has 26 heavy (non-hydrogen) atoms. The zero-order valence-corrected chi connectivity index (χ0v) is 16.0. The summed E-state index contributed by atoms with van der Waals surface area (Å²) in [6.45, 7) is -0.435. The highest BCUT2D eigenvalue weighted by Crippen LogP contribution is 2.33. The Labute approximate surface area is 161 Å². The number of nitrogens with one attached hydrogen (secondary N) is 1. The van der Waals surface area contributed by atoms with E-state index in [1.54, 1.807) is 12.1 Å². The molecule has 0 radical (unpaired) electrons. The minimum absolute atomic E-state index is 0.129. The van der Waals surface area contributed by atoms with Gasteiger partial charge in [0, 0.05) is 25.5 Å².